The van der Waals surface area contributed by atoms with E-state index in [9.17, 15) is 17.9 Å². The highest BCUT2D eigenvalue weighted by molar-refractivity contribution is 7.90. The smallest absolute Gasteiger partial charge is 0.226 e. The Morgan fingerprint density at radius 3 is 2.52 bits per heavy atom. The molecule has 1 saturated heterocycles. The molecule has 1 aromatic heterocycles. The van der Waals surface area contributed by atoms with E-state index in [0.29, 0.717) is 37.0 Å². The zero-order valence-electron chi connectivity index (χ0n) is 18.9. The van der Waals surface area contributed by atoms with Gasteiger partial charge in [-0.3, -0.25) is 0 Å². The third kappa shape index (κ3) is 4.98. The number of sulfone groups is 1. The maximum atomic E-state index is 14.0. The average Bonchev–Trinajstić information content (AvgIpc) is 2.66. The molecule has 2 aromatic rings. The summed E-state index contributed by atoms with van der Waals surface area (Å²) >= 11 is 0. The van der Waals surface area contributed by atoms with Crippen molar-refractivity contribution < 1.29 is 17.9 Å². The van der Waals surface area contributed by atoms with E-state index in [1.165, 1.54) is 12.1 Å². The van der Waals surface area contributed by atoms with Gasteiger partial charge in [0.15, 0.2) is 9.84 Å². The number of halogens is 1. The van der Waals surface area contributed by atoms with Crippen molar-refractivity contribution in [3.05, 3.63) is 41.5 Å². The standard InChI is InChI=1S/C22H31FN4O3S/c1-14(2)18-13-26(16-7-8-17(23)19(11-16)31(6,29)30)9-10-27(18)21-24-12-15(3)20(25-21)22(4,5)28/h7-8,11-12,14,18,28H,9-10,13H2,1-6H3/t18-/m0/s1. The van der Waals surface area contributed by atoms with Crippen LogP contribution in [0.2, 0.25) is 0 Å². The van der Waals surface area contributed by atoms with Crippen molar-refractivity contribution in [2.24, 2.45) is 5.92 Å². The molecular formula is C22H31FN4O3S. The predicted octanol–water partition coefficient (Wildman–Crippen LogP) is 2.91. The second-order valence-electron chi connectivity index (χ2n) is 9.10. The van der Waals surface area contributed by atoms with Crippen LogP contribution in [0.5, 0.6) is 0 Å². The molecule has 0 unspecified atom stereocenters. The quantitative estimate of drug-likeness (QED) is 0.749. The zero-order chi connectivity index (χ0) is 23.1. The highest BCUT2D eigenvalue weighted by Crippen LogP contribution is 2.29. The van der Waals surface area contributed by atoms with Crippen LogP contribution in [0.4, 0.5) is 16.0 Å². The third-order valence-corrected chi connectivity index (χ3v) is 6.77. The molecule has 3 rings (SSSR count). The first kappa shape index (κ1) is 23.4. The van der Waals surface area contributed by atoms with Gasteiger partial charge in [0.2, 0.25) is 5.95 Å². The molecule has 0 spiro atoms. The van der Waals surface area contributed by atoms with Crippen molar-refractivity contribution in [1.82, 2.24) is 9.97 Å². The van der Waals surface area contributed by atoms with Gasteiger partial charge in [-0.15, -0.1) is 0 Å². The minimum atomic E-state index is -3.66. The van der Waals surface area contributed by atoms with Crippen molar-refractivity contribution in [3.63, 3.8) is 0 Å². The fraction of sp³-hybridized carbons (Fsp3) is 0.545. The minimum absolute atomic E-state index is 0.0536. The first-order valence-electron chi connectivity index (χ1n) is 10.4. The Kier molecular flexibility index (Phi) is 6.30. The summed E-state index contributed by atoms with van der Waals surface area (Å²) in [6.45, 7) is 11.3. The number of nitrogens with zero attached hydrogens (tertiary/aromatic N) is 4. The molecule has 0 bridgehead atoms. The van der Waals surface area contributed by atoms with Crippen LogP contribution in [-0.4, -0.2) is 55.4 Å². The predicted molar refractivity (Wildman–Crippen MR) is 120 cm³/mol. The number of aromatic nitrogens is 2. The van der Waals surface area contributed by atoms with E-state index >= 15 is 0 Å². The summed E-state index contributed by atoms with van der Waals surface area (Å²) in [6, 6.07) is 4.29. The molecule has 170 valence electrons. The first-order chi connectivity index (χ1) is 14.3. The molecule has 9 heteroatoms. The van der Waals surface area contributed by atoms with E-state index in [1.54, 1.807) is 26.1 Å². The Morgan fingerprint density at radius 2 is 1.94 bits per heavy atom. The molecule has 31 heavy (non-hydrogen) atoms. The number of benzene rings is 1. The molecule has 7 nitrogen and oxygen atoms in total. The molecule has 0 aliphatic carbocycles. The van der Waals surface area contributed by atoms with Gasteiger partial charge in [-0.2, -0.15) is 0 Å². The maximum Gasteiger partial charge on any atom is 0.226 e. The summed E-state index contributed by atoms with van der Waals surface area (Å²) in [5.74, 6) is 0.0858. The van der Waals surface area contributed by atoms with Crippen molar-refractivity contribution in [2.75, 3.05) is 35.7 Å². The van der Waals surface area contributed by atoms with Crippen molar-refractivity contribution in [3.8, 4) is 0 Å². The van der Waals surface area contributed by atoms with Gasteiger partial charge in [0, 0.05) is 37.8 Å². The number of rotatable bonds is 5. The second-order valence-corrected chi connectivity index (χ2v) is 11.1. The van der Waals surface area contributed by atoms with E-state index in [-0.39, 0.29) is 16.9 Å². The lowest BCUT2D eigenvalue weighted by molar-refractivity contribution is 0.0730. The van der Waals surface area contributed by atoms with Gasteiger partial charge < -0.3 is 14.9 Å². The Morgan fingerprint density at radius 1 is 1.26 bits per heavy atom. The number of anilines is 2. The summed E-state index contributed by atoms with van der Waals surface area (Å²) in [4.78, 5) is 13.1. The Hall–Kier alpha value is -2.26. The van der Waals surface area contributed by atoms with Crippen LogP contribution in [0.15, 0.2) is 29.3 Å². The summed E-state index contributed by atoms with van der Waals surface area (Å²) in [7, 11) is -3.66. The van der Waals surface area contributed by atoms with Crippen LogP contribution in [0.1, 0.15) is 39.0 Å². The normalized spacial score (nSPS) is 18.0. The van der Waals surface area contributed by atoms with Gasteiger partial charge in [-0.1, -0.05) is 13.8 Å². The van der Waals surface area contributed by atoms with Gasteiger partial charge in [0.05, 0.1) is 11.7 Å². The Bertz CT molecular complexity index is 1070. The topological polar surface area (TPSA) is 86.6 Å². The number of aliphatic hydroxyl groups is 1. The molecule has 1 N–H and O–H groups in total. The largest absolute Gasteiger partial charge is 0.384 e. The molecule has 1 aromatic carbocycles. The third-order valence-electron chi connectivity index (χ3n) is 5.66. The van der Waals surface area contributed by atoms with Gasteiger partial charge in [-0.05, 0) is 50.5 Å². The van der Waals surface area contributed by atoms with E-state index in [1.807, 2.05) is 6.92 Å². The Balaban J connectivity index is 1.93. The van der Waals surface area contributed by atoms with Crippen LogP contribution in [0.25, 0.3) is 0 Å². The molecule has 1 fully saturated rings. The average molecular weight is 451 g/mol. The van der Waals surface area contributed by atoms with Crippen LogP contribution in [-0.2, 0) is 15.4 Å². The van der Waals surface area contributed by atoms with Crippen LogP contribution >= 0.6 is 0 Å². The van der Waals surface area contributed by atoms with Gasteiger partial charge in [0.25, 0.3) is 0 Å². The lowest BCUT2D eigenvalue weighted by Gasteiger charge is -2.44. The highest BCUT2D eigenvalue weighted by atomic mass is 32.2. The summed E-state index contributed by atoms with van der Waals surface area (Å²) in [5, 5.41) is 10.5. The van der Waals surface area contributed by atoms with E-state index < -0.39 is 21.3 Å². The van der Waals surface area contributed by atoms with Crippen molar-refractivity contribution in [1.29, 1.82) is 0 Å². The molecular weight excluding hydrogens is 419 g/mol. The van der Waals surface area contributed by atoms with E-state index in [4.69, 9.17) is 0 Å². The van der Waals surface area contributed by atoms with Crippen LogP contribution < -0.4 is 9.80 Å². The minimum Gasteiger partial charge on any atom is -0.384 e. The maximum absolute atomic E-state index is 14.0. The summed E-state index contributed by atoms with van der Waals surface area (Å²) in [5.41, 5.74) is 1.02. The molecule has 2 heterocycles. The van der Waals surface area contributed by atoms with Crippen molar-refractivity contribution in [2.45, 2.75) is 51.2 Å². The second kappa shape index (κ2) is 8.35. The molecule has 0 saturated carbocycles. The fourth-order valence-electron chi connectivity index (χ4n) is 4.03. The van der Waals surface area contributed by atoms with Crippen LogP contribution in [0, 0.1) is 18.7 Å². The number of piperazine rings is 1. The number of hydrogen-bond acceptors (Lipinski definition) is 7. The molecule has 0 radical (unpaired) electrons. The lowest BCUT2D eigenvalue weighted by Crippen LogP contribution is -2.56. The number of hydrogen-bond donors (Lipinski definition) is 1. The SMILES string of the molecule is Cc1cnc(N2CCN(c3ccc(F)c(S(C)(=O)=O)c3)C[C@H]2C(C)C)nc1C(C)(C)O. The van der Waals surface area contributed by atoms with Gasteiger partial charge >= 0.3 is 0 Å². The van der Waals surface area contributed by atoms with Gasteiger partial charge in [0.1, 0.15) is 16.3 Å². The molecule has 1 atom stereocenters. The van der Waals surface area contributed by atoms with E-state index in [0.717, 1.165) is 11.8 Å². The van der Waals surface area contributed by atoms with Crippen molar-refractivity contribution >= 4 is 21.5 Å². The zero-order valence-corrected chi connectivity index (χ0v) is 19.7. The molecule has 1 aliphatic heterocycles. The molecule has 1 aliphatic rings. The summed E-state index contributed by atoms with van der Waals surface area (Å²) in [6.07, 6.45) is 2.75. The Labute approximate surface area is 183 Å². The monoisotopic (exact) mass is 450 g/mol. The fourth-order valence-corrected chi connectivity index (χ4v) is 4.78. The highest BCUT2D eigenvalue weighted by Gasteiger charge is 2.33. The lowest BCUT2D eigenvalue weighted by atomic mass is 9.99. The number of aryl methyl sites for hydroxylation is 1. The molecule has 0 amide bonds. The van der Waals surface area contributed by atoms with E-state index in [2.05, 4.69) is 33.6 Å². The first-order valence-corrected chi connectivity index (χ1v) is 12.3. The summed E-state index contributed by atoms with van der Waals surface area (Å²) < 4.78 is 37.9. The van der Waals surface area contributed by atoms with Crippen LogP contribution in [0.3, 0.4) is 0 Å². The van der Waals surface area contributed by atoms with Gasteiger partial charge in [-0.25, -0.2) is 22.8 Å².